The van der Waals surface area contributed by atoms with E-state index in [0.717, 1.165) is 44.6 Å². The van der Waals surface area contributed by atoms with Crippen LogP contribution in [0, 0.1) is 0 Å². The van der Waals surface area contributed by atoms with E-state index in [4.69, 9.17) is 0 Å². The van der Waals surface area contributed by atoms with Gasteiger partial charge in [0.05, 0.1) is 0 Å². The van der Waals surface area contributed by atoms with Crippen LogP contribution in [0.25, 0.3) is 0 Å². The van der Waals surface area contributed by atoms with Crippen LogP contribution in [0.3, 0.4) is 0 Å². The number of halogens is 3. The van der Waals surface area contributed by atoms with Crippen molar-refractivity contribution < 1.29 is 27.5 Å². The topological polar surface area (TPSA) is 85.9 Å². The number of nitrogens with zero attached hydrogens (tertiary/aromatic N) is 2. The minimum atomic E-state index is -4.78. The number of allylic oxidation sites excluding steroid dienone is 1. The van der Waals surface area contributed by atoms with Crippen molar-refractivity contribution in [3.8, 4) is 5.75 Å². The fourth-order valence-electron chi connectivity index (χ4n) is 3.93. The molecule has 0 spiro atoms. The standard InChI is InChI=1S/C24H32F3N5O3/c1-2-3-15-32-17-19(8-11-21(32)22(33)28-12-16-31-13-4-5-14-31)30-23(34)29-18-6-9-20(10-7-18)35-24(25,26)27/h6-7,9-11,17H,2-5,8,12-16H2,1H3,(H,28,33)(H2,29,30,34). The van der Waals surface area contributed by atoms with Gasteiger partial charge in [0.15, 0.2) is 0 Å². The van der Waals surface area contributed by atoms with E-state index >= 15 is 0 Å². The van der Waals surface area contributed by atoms with Gasteiger partial charge in [0.2, 0.25) is 0 Å². The lowest BCUT2D eigenvalue weighted by Gasteiger charge is -2.28. The number of rotatable bonds is 10. The van der Waals surface area contributed by atoms with Crippen LogP contribution in [0.1, 0.15) is 39.0 Å². The molecule has 3 rings (SSSR count). The van der Waals surface area contributed by atoms with Crippen LogP contribution in [0.5, 0.6) is 5.75 Å². The Morgan fingerprint density at radius 3 is 2.43 bits per heavy atom. The van der Waals surface area contributed by atoms with Gasteiger partial charge in [0.25, 0.3) is 5.91 Å². The third kappa shape index (κ3) is 8.82. The molecule has 1 aromatic carbocycles. The molecule has 1 aromatic rings. The van der Waals surface area contributed by atoms with Crippen molar-refractivity contribution in [2.45, 2.75) is 45.4 Å². The summed E-state index contributed by atoms with van der Waals surface area (Å²) >= 11 is 0. The highest BCUT2D eigenvalue weighted by Crippen LogP contribution is 2.24. The molecule has 3 amide bonds. The van der Waals surface area contributed by atoms with Gasteiger partial charge in [0.1, 0.15) is 11.4 Å². The number of unbranched alkanes of at least 4 members (excludes halogenated alkanes) is 1. The molecule has 192 valence electrons. The van der Waals surface area contributed by atoms with Crippen molar-refractivity contribution in [2.24, 2.45) is 0 Å². The predicted molar refractivity (Wildman–Crippen MR) is 126 cm³/mol. The molecular formula is C24H32F3N5O3. The lowest BCUT2D eigenvalue weighted by atomic mass is 10.1. The highest BCUT2D eigenvalue weighted by Gasteiger charge is 2.31. The predicted octanol–water partition coefficient (Wildman–Crippen LogP) is 4.15. The number of anilines is 1. The third-order valence-electron chi connectivity index (χ3n) is 5.65. The highest BCUT2D eigenvalue weighted by atomic mass is 19.4. The highest BCUT2D eigenvalue weighted by molar-refractivity contribution is 5.94. The van der Waals surface area contributed by atoms with Crippen molar-refractivity contribution in [1.82, 2.24) is 20.4 Å². The summed E-state index contributed by atoms with van der Waals surface area (Å²) in [5, 5.41) is 8.31. The molecule has 35 heavy (non-hydrogen) atoms. The van der Waals surface area contributed by atoms with Crippen LogP contribution in [-0.2, 0) is 4.79 Å². The van der Waals surface area contributed by atoms with Gasteiger partial charge in [-0.2, -0.15) is 0 Å². The Hall–Kier alpha value is -3.21. The first-order valence-electron chi connectivity index (χ1n) is 11.9. The number of ether oxygens (including phenoxy) is 1. The average molecular weight is 496 g/mol. The van der Waals surface area contributed by atoms with E-state index in [9.17, 15) is 22.8 Å². The lowest BCUT2D eigenvalue weighted by Crippen LogP contribution is -2.39. The monoisotopic (exact) mass is 495 g/mol. The van der Waals surface area contributed by atoms with E-state index in [1.807, 2.05) is 4.90 Å². The Bertz CT molecular complexity index is 925. The maximum Gasteiger partial charge on any atom is 0.573 e. The Labute approximate surface area is 203 Å². The van der Waals surface area contributed by atoms with Crippen molar-refractivity contribution >= 4 is 17.6 Å². The number of nitrogens with one attached hydrogen (secondary N) is 3. The molecule has 3 N–H and O–H groups in total. The van der Waals surface area contributed by atoms with Crippen LogP contribution in [0.15, 0.2) is 47.9 Å². The molecule has 0 unspecified atom stereocenters. The van der Waals surface area contributed by atoms with Crippen LogP contribution in [0.2, 0.25) is 0 Å². The molecule has 0 aliphatic carbocycles. The molecule has 2 aliphatic heterocycles. The number of alkyl halides is 3. The van der Waals surface area contributed by atoms with Gasteiger partial charge in [-0.25, -0.2) is 4.79 Å². The molecule has 0 atom stereocenters. The second-order valence-corrected chi connectivity index (χ2v) is 8.45. The number of hydrogen-bond acceptors (Lipinski definition) is 5. The molecule has 2 aliphatic rings. The zero-order valence-electron chi connectivity index (χ0n) is 19.8. The molecule has 0 saturated carbocycles. The van der Waals surface area contributed by atoms with Crippen molar-refractivity contribution in [2.75, 3.05) is 38.0 Å². The summed E-state index contributed by atoms with van der Waals surface area (Å²) < 4.78 is 40.7. The maximum atomic E-state index is 12.8. The third-order valence-corrected chi connectivity index (χ3v) is 5.65. The lowest BCUT2D eigenvalue weighted by molar-refractivity contribution is -0.274. The maximum absolute atomic E-state index is 12.8. The smallest absolute Gasteiger partial charge is 0.406 e. The van der Waals surface area contributed by atoms with Gasteiger partial charge in [0, 0.05) is 43.6 Å². The molecule has 11 heteroatoms. The number of carbonyl (C=O) groups is 2. The van der Waals surface area contributed by atoms with E-state index in [2.05, 4.69) is 32.5 Å². The zero-order valence-corrected chi connectivity index (χ0v) is 19.8. The number of hydrogen-bond donors (Lipinski definition) is 3. The Balaban J connectivity index is 1.52. The van der Waals surface area contributed by atoms with E-state index in [1.54, 1.807) is 12.3 Å². The van der Waals surface area contributed by atoms with Crippen LogP contribution in [-0.4, -0.2) is 60.8 Å². The van der Waals surface area contributed by atoms with Crippen molar-refractivity contribution in [3.05, 3.63) is 47.9 Å². The molecule has 8 nitrogen and oxygen atoms in total. The molecular weight excluding hydrogens is 463 g/mol. The Morgan fingerprint density at radius 1 is 1.06 bits per heavy atom. The minimum Gasteiger partial charge on any atom is -0.406 e. The van der Waals surface area contributed by atoms with Gasteiger partial charge >= 0.3 is 12.4 Å². The number of urea groups is 1. The summed E-state index contributed by atoms with van der Waals surface area (Å²) in [7, 11) is 0. The number of benzene rings is 1. The van der Waals surface area contributed by atoms with E-state index in [-0.39, 0.29) is 11.7 Å². The number of carbonyl (C=O) groups excluding carboxylic acids is 2. The van der Waals surface area contributed by atoms with Gasteiger partial charge in [-0.3, -0.25) is 4.79 Å². The summed E-state index contributed by atoms with van der Waals surface area (Å²) in [4.78, 5) is 29.4. The summed E-state index contributed by atoms with van der Waals surface area (Å²) in [5.41, 5.74) is 1.47. The SMILES string of the molecule is CCCCN1C=C(NC(=O)Nc2ccc(OC(F)(F)F)cc2)CC=C1C(=O)NCCN1CCCC1. The summed E-state index contributed by atoms with van der Waals surface area (Å²) in [5.74, 6) is -0.511. The van der Waals surface area contributed by atoms with Crippen LogP contribution < -0.4 is 20.7 Å². The quantitative estimate of drug-likeness (QED) is 0.454. The number of amides is 3. The van der Waals surface area contributed by atoms with Gasteiger partial charge in [-0.1, -0.05) is 13.3 Å². The molecule has 2 heterocycles. The molecule has 0 aromatic heterocycles. The van der Waals surface area contributed by atoms with Gasteiger partial charge < -0.3 is 30.5 Å². The Morgan fingerprint density at radius 2 is 1.77 bits per heavy atom. The summed E-state index contributed by atoms with van der Waals surface area (Å²) in [6, 6.07) is 4.32. The first-order chi connectivity index (χ1) is 16.7. The zero-order chi connectivity index (χ0) is 25.3. The largest absolute Gasteiger partial charge is 0.573 e. The van der Waals surface area contributed by atoms with Crippen molar-refractivity contribution in [1.29, 1.82) is 0 Å². The van der Waals surface area contributed by atoms with Gasteiger partial charge in [-0.05, 0) is 62.7 Å². The molecule has 1 fully saturated rings. The van der Waals surface area contributed by atoms with Gasteiger partial charge in [-0.15, -0.1) is 13.2 Å². The van der Waals surface area contributed by atoms with E-state index < -0.39 is 12.4 Å². The number of likely N-dealkylation sites (tertiary alicyclic amines) is 1. The first kappa shape index (κ1) is 26.4. The minimum absolute atomic E-state index is 0.138. The van der Waals surface area contributed by atoms with Crippen molar-refractivity contribution in [3.63, 3.8) is 0 Å². The second-order valence-electron chi connectivity index (χ2n) is 8.45. The fraction of sp³-hybridized carbons (Fsp3) is 0.500. The summed E-state index contributed by atoms with van der Waals surface area (Å²) in [6.45, 7) is 6.26. The molecule has 1 saturated heterocycles. The van der Waals surface area contributed by atoms with Crippen LogP contribution >= 0.6 is 0 Å². The second kappa shape index (κ2) is 12.5. The fourth-order valence-corrected chi connectivity index (χ4v) is 3.93. The van der Waals surface area contributed by atoms with Crippen LogP contribution in [0.4, 0.5) is 23.7 Å². The summed E-state index contributed by atoms with van der Waals surface area (Å²) in [6.07, 6.45) is 3.37. The molecule has 0 radical (unpaired) electrons. The van der Waals surface area contributed by atoms with E-state index in [0.29, 0.717) is 36.6 Å². The molecule has 0 bridgehead atoms. The first-order valence-corrected chi connectivity index (χ1v) is 11.9. The average Bonchev–Trinajstić information content (AvgIpc) is 3.31. The van der Waals surface area contributed by atoms with E-state index in [1.165, 1.54) is 25.0 Å². The Kier molecular flexibility index (Phi) is 9.41. The normalized spacial score (nSPS) is 16.4.